The largest absolute Gasteiger partial charge is 0.313 e. The number of sulfone groups is 1. The number of rotatable bonds is 6. The van der Waals surface area contributed by atoms with Gasteiger partial charge in [0.25, 0.3) is 0 Å². The third kappa shape index (κ3) is 5.86. The molecule has 15 heavy (non-hydrogen) atoms. The van der Waals surface area contributed by atoms with Gasteiger partial charge in [-0.25, -0.2) is 13.4 Å². The number of aromatic nitrogens is 1. The molecule has 0 fully saturated rings. The Morgan fingerprint density at radius 1 is 1.60 bits per heavy atom. The van der Waals surface area contributed by atoms with E-state index >= 15 is 0 Å². The van der Waals surface area contributed by atoms with Crippen molar-refractivity contribution < 1.29 is 8.42 Å². The predicted octanol–water partition coefficient (Wildman–Crippen LogP) is 0.708. The van der Waals surface area contributed by atoms with Crippen LogP contribution in [0.15, 0.2) is 10.9 Å². The lowest BCUT2D eigenvalue weighted by Gasteiger charge is -2.11. The molecular weight excluding hydrogens is 232 g/mol. The minimum Gasteiger partial charge on any atom is -0.313 e. The average molecular weight is 248 g/mol. The topological polar surface area (TPSA) is 59.1 Å². The molecule has 6 heteroatoms. The zero-order chi connectivity index (χ0) is 11.3. The van der Waals surface area contributed by atoms with Crippen molar-refractivity contribution in [3.8, 4) is 0 Å². The summed E-state index contributed by atoms with van der Waals surface area (Å²) in [6.45, 7) is 2.64. The maximum Gasteiger partial charge on any atom is 0.148 e. The van der Waals surface area contributed by atoms with Crippen molar-refractivity contribution in [2.45, 2.75) is 19.4 Å². The first kappa shape index (κ1) is 12.6. The fraction of sp³-hybridized carbons (Fsp3) is 0.667. The second-order valence-electron chi connectivity index (χ2n) is 3.68. The third-order valence-corrected chi connectivity index (χ3v) is 3.65. The first-order valence-electron chi connectivity index (χ1n) is 4.75. The highest BCUT2D eigenvalue weighted by atomic mass is 32.2. The highest BCUT2D eigenvalue weighted by Crippen LogP contribution is 2.01. The standard InChI is InChI=1S/C9H16N2O2S2/c1-8(6-15(2,12)13)10-4-3-9-5-14-7-11-9/h5,7-8,10H,3-4,6H2,1-2H3. The van der Waals surface area contributed by atoms with Crippen LogP contribution in [0, 0.1) is 0 Å². The van der Waals surface area contributed by atoms with E-state index in [1.165, 1.54) is 6.26 Å². The van der Waals surface area contributed by atoms with Crippen LogP contribution in [0.1, 0.15) is 12.6 Å². The van der Waals surface area contributed by atoms with E-state index in [2.05, 4.69) is 10.3 Å². The molecular formula is C9H16N2O2S2. The minimum atomic E-state index is -2.88. The molecule has 0 saturated carbocycles. The smallest absolute Gasteiger partial charge is 0.148 e. The molecule has 0 aliphatic carbocycles. The van der Waals surface area contributed by atoms with E-state index in [1.807, 2.05) is 12.3 Å². The second-order valence-corrected chi connectivity index (χ2v) is 6.58. The predicted molar refractivity (Wildman–Crippen MR) is 63.0 cm³/mol. The first-order valence-corrected chi connectivity index (χ1v) is 7.76. The summed E-state index contributed by atoms with van der Waals surface area (Å²) in [7, 11) is -2.88. The molecule has 0 aromatic carbocycles. The molecule has 86 valence electrons. The molecule has 1 atom stereocenters. The summed E-state index contributed by atoms with van der Waals surface area (Å²) in [5.74, 6) is 0.185. The molecule has 1 aromatic rings. The second kappa shape index (κ2) is 5.58. The molecule has 1 N–H and O–H groups in total. The SMILES string of the molecule is CC(CS(C)(=O)=O)NCCc1cscn1. The van der Waals surface area contributed by atoms with Crippen molar-refractivity contribution in [3.63, 3.8) is 0 Å². The van der Waals surface area contributed by atoms with Crippen molar-refractivity contribution >= 4 is 21.2 Å². The van der Waals surface area contributed by atoms with Crippen LogP contribution in [-0.4, -0.2) is 38.0 Å². The summed E-state index contributed by atoms with van der Waals surface area (Å²) in [5.41, 5.74) is 2.86. The lowest BCUT2D eigenvalue weighted by molar-refractivity contribution is 0.560. The molecule has 0 bridgehead atoms. The van der Waals surface area contributed by atoms with E-state index in [0.717, 1.165) is 18.7 Å². The number of hydrogen-bond donors (Lipinski definition) is 1. The summed E-state index contributed by atoms with van der Waals surface area (Å²) >= 11 is 1.57. The van der Waals surface area contributed by atoms with Gasteiger partial charge in [0.1, 0.15) is 9.84 Å². The van der Waals surface area contributed by atoms with Crippen LogP contribution >= 0.6 is 11.3 Å². The van der Waals surface area contributed by atoms with Crippen molar-refractivity contribution in [1.82, 2.24) is 10.3 Å². The Labute approximate surface area is 94.7 Å². The highest BCUT2D eigenvalue weighted by molar-refractivity contribution is 7.90. The molecule has 1 heterocycles. The Hall–Kier alpha value is -0.460. The number of hydrogen-bond acceptors (Lipinski definition) is 5. The third-order valence-electron chi connectivity index (χ3n) is 1.91. The Balaban J connectivity index is 2.20. The maximum absolute atomic E-state index is 11.0. The van der Waals surface area contributed by atoms with E-state index in [4.69, 9.17) is 0 Å². The van der Waals surface area contributed by atoms with Crippen molar-refractivity contribution in [1.29, 1.82) is 0 Å². The first-order chi connectivity index (χ1) is 6.97. The van der Waals surface area contributed by atoms with Gasteiger partial charge in [0.2, 0.25) is 0 Å². The van der Waals surface area contributed by atoms with E-state index in [0.29, 0.717) is 0 Å². The van der Waals surface area contributed by atoms with Gasteiger partial charge in [-0.15, -0.1) is 11.3 Å². The van der Waals surface area contributed by atoms with E-state index in [1.54, 1.807) is 16.8 Å². The fourth-order valence-corrected chi connectivity index (χ4v) is 2.94. The fourth-order valence-electron chi connectivity index (χ4n) is 1.32. The van der Waals surface area contributed by atoms with Gasteiger partial charge in [0.15, 0.2) is 0 Å². The zero-order valence-electron chi connectivity index (χ0n) is 8.93. The molecule has 1 unspecified atom stereocenters. The summed E-state index contributed by atoms with van der Waals surface area (Å²) in [5, 5.41) is 5.17. The summed E-state index contributed by atoms with van der Waals surface area (Å²) < 4.78 is 22.0. The van der Waals surface area contributed by atoms with Crippen LogP contribution in [0.25, 0.3) is 0 Å². The normalized spacial score (nSPS) is 14.0. The molecule has 0 radical (unpaired) electrons. The molecule has 1 aromatic heterocycles. The molecule has 0 aliphatic heterocycles. The van der Waals surface area contributed by atoms with Crippen LogP contribution in [0.4, 0.5) is 0 Å². The van der Waals surface area contributed by atoms with Crippen molar-refractivity contribution in [3.05, 3.63) is 16.6 Å². The number of thiazole rings is 1. The van der Waals surface area contributed by atoms with E-state index in [-0.39, 0.29) is 11.8 Å². The van der Waals surface area contributed by atoms with Crippen LogP contribution < -0.4 is 5.32 Å². The number of nitrogens with zero attached hydrogens (tertiary/aromatic N) is 1. The Morgan fingerprint density at radius 2 is 2.33 bits per heavy atom. The van der Waals surface area contributed by atoms with Gasteiger partial charge < -0.3 is 5.32 Å². The van der Waals surface area contributed by atoms with Gasteiger partial charge in [-0.3, -0.25) is 0 Å². The van der Waals surface area contributed by atoms with E-state index < -0.39 is 9.84 Å². The van der Waals surface area contributed by atoms with Gasteiger partial charge >= 0.3 is 0 Å². The Morgan fingerprint density at radius 3 is 2.87 bits per heavy atom. The maximum atomic E-state index is 11.0. The minimum absolute atomic E-state index is 0.00126. The molecule has 0 spiro atoms. The van der Waals surface area contributed by atoms with Gasteiger partial charge in [0, 0.05) is 30.6 Å². The van der Waals surface area contributed by atoms with Gasteiger partial charge in [-0.05, 0) is 6.92 Å². The average Bonchev–Trinajstić information content (AvgIpc) is 2.53. The molecule has 0 saturated heterocycles. The monoisotopic (exact) mass is 248 g/mol. The summed E-state index contributed by atoms with van der Waals surface area (Å²) in [4.78, 5) is 4.15. The lowest BCUT2D eigenvalue weighted by atomic mass is 10.3. The van der Waals surface area contributed by atoms with Crippen LogP contribution in [0.5, 0.6) is 0 Å². The number of nitrogens with one attached hydrogen (secondary N) is 1. The van der Waals surface area contributed by atoms with Crippen molar-refractivity contribution in [2.24, 2.45) is 0 Å². The van der Waals surface area contributed by atoms with Gasteiger partial charge in [0.05, 0.1) is 17.0 Å². The van der Waals surface area contributed by atoms with Crippen LogP contribution in [0.2, 0.25) is 0 Å². The van der Waals surface area contributed by atoms with Gasteiger partial charge in [-0.2, -0.15) is 0 Å². The van der Waals surface area contributed by atoms with Gasteiger partial charge in [-0.1, -0.05) is 0 Å². The van der Waals surface area contributed by atoms with E-state index in [9.17, 15) is 8.42 Å². The zero-order valence-corrected chi connectivity index (χ0v) is 10.6. The lowest BCUT2D eigenvalue weighted by Crippen LogP contribution is -2.34. The molecule has 1 rings (SSSR count). The molecule has 4 nitrogen and oxygen atoms in total. The summed E-state index contributed by atoms with van der Waals surface area (Å²) in [6.07, 6.45) is 2.10. The summed E-state index contributed by atoms with van der Waals surface area (Å²) in [6, 6.07) is -0.00126. The van der Waals surface area contributed by atoms with Crippen LogP contribution in [-0.2, 0) is 16.3 Å². The van der Waals surface area contributed by atoms with Crippen LogP contribution in [0.3, 0.4) is 0 Å². The molecule has 0 aliphatic rings. The molecule has 0 amide bonds. The highest BCUT2D eigenvalue weighted by Gasteiger charge is 2.09. The Kier molecular flexibility index (Phi) is 4.69. The Bertz CT molecular complexity index is 373. The van der Waals surface area contributed by atoms with Crippen molar-refractivity contribution in [2.75, 3.05) is 18.6 Å². The quantitative estimate of drug-likeness (QED) is 0.805.